The number of nitrogens with one attached hydrogen (secondary N) is 1. The smallest absolute Gasteiger partial charge is 0.387 e. The van der Waals surface area contributed by atoms with Gasteiger partial charge in [0.05, 0.1) is 11.9 Å². The van der Waals surface area contributed by atoms with E-state index >= 15 is 0 Å². The molecule has 1 aliphatic heterocycles. The molecule has 1 aliphatic carbocycles. The number of amidine groups is 1. The Labute approximate surface area is 199 Å². The molecule has 8 nitrogen and oxygen atoms in total. The van der Waals surface area contributed by atoms with Crippen molar-refractivity contribution in [3.05, 3.63) is 53.1 Å². The lowest BCUT2D eigenvalue weighted by Crippen LogP contribution is -2.60. The quantitative estimate of drug-likeness (QED) is 0.416. The molecule has 2 heterocycles. The van der Waals surface area contributed by atoms with Crippen molar-refractivity contribution in [2.24, 2.45) is 10.7 Å². The molecule has 1 amide bonds. The fourth-order valence-corrected chi connectivity index (χ4v) is 7.03. The summed E-state index contributed by atoms with van der Waals surface area (Å²) in [7, 11) is -3.44. The van der Waals surface area contributed by atoms with Gasteiger partial charge in [-0.1, -0.05) is 0 Å². The number of nitrogens with two attached hydrogens (primary N) is 1. The molecule has 1 aromatic heterocycles. The highest BCUT2D eigenvalue weighted by molar-refractivity contribution is 8.26. The lowest BCUT2D eigenvalue weighted by atomic mass is 9.82. The molecular formula is C22H24F4N4O4S. The third-order valence-electron chi connectivity index (χ3n) is 6.47. The molecule has 0 radical (unpaired) electrons. The Kier molecular flexibility index (Phi) is 6.45. The Hall–Kier alpha value is -2.90. The second-order valence-corrected chi connectivity index (χ2v) is 11.1. The highest BCUT2D eigenvalue weighted by atomic mass is 32.3. The van der Waals surface area contributed by atoms with Crippen molar-refractivity contribution in [2.75, 3.05) is 17.7 Å². The van der Waals surface area contributed by atoms with Crippen LogP contribution in [0.2, 0.25) is 0 Å². The third kappa shape index (κ3) is 4.32. The molecule has 35 heavy (non-hydrogen) atoms. The number of ether oxygens (including phenoxy) is 1. The lowest BCUT2D eigenvalue weighted by molar-refractivity contribution is -0.0501. The van der Waals surface area contributed by atoms with Crippen molar-refractivity contribution in [3.63, 3.8) is 0 Å². The van der Waals surface area contributed by atoms with Crippen LogP contribution in [0.5, 0.6) is 5.75 Å². The van der Waals surface area contributed by atoms with E-state index in [1.54, 1.807) is 0 Å². The van der Waals surface area contributed by atoms with Gasteiger partial charge >= 0.3 is 6.61 Å². The van der Waals surface area contributed by atoms with Crippen LogP contribution < -0.4 is 15.8 Å². The zero-order valence-electron chi connectivity index (χ0n) is 18.6. The minimum absolute atomic E-state index is 0.0579. The first kappa shape index (κ1) is 25.2. The number of aliphatic imine (C=N–C) groups is 1. The highest BCUT2D eigenvalue weighted by Gasteiger charge is 2.59. The van der Waals surface area contributed by atoms with Gasteiger partial charge in [0, 0.05) is 11.3 Å². The maximum Gasteiger partial charge on any atom is 0.387 e. The molecule has 2 aliphatic rings. The monoisotopic (exact) mass is 516 g/mol. The molecule has 0 saturated heterocycles. The number of halogens is 4. The first-order chi connectivity index (χ1) is 16.4. The van der Waals surface area contributed by atoms with Gasteiger partial charge in [-0.25, -0.2) is 13.8 Å². The van der Waals surface area contributed by atoms with Crippen LogP contribution in [0.4, 0.5) is 23.2 Å². The number of carbonyl (C=O) groups excluding carboxylic acids is 1. The van der Waals surface area contributed by atoms with E-state index < -0.39 is 51.6 Å². The molecule has 1 atom stereocenters. The Morgan fingerprint density at radius 2 is 2.03 bits per heavy atom. The predicted molar refractivity (Wildman–Crippen MR) is 124 cm³/mol. The lowest BCUT2D eigenvalue weighted by Gasteiger charge is -2.60. The van der Waals surface area contributed by atoms with Gasteiger partial charge < -0.3 is 15.8 Å². The van der Waals surface area contributed by atoms with Crippen LogP contribution in [0.1, 0.15) is 40.9 Å². The van der Waals surface area contributed by atoms with E-state index in [-0.39, 0.29) is 34.1 Å². The number of hydrogen-bond acceptors (Lipinski definition) is 7. The van der Waals surface area contributed by atoms with Gasteiger partial charge in [0.25, 0.3) is 5.91 Å². The van der Waals surface area contributed by atoms with Crippen LogP contribution in [0.3, 0.4) is 0 Å². The molecule has 2 aromatic rings. The third-order valence-corrected chi connectivity index (χ3v) is 9.22. The summed E-state index contributed by atoms with van der Waals surface area (Å²) in [5.74, 6) is -2.48. The van der Waals surface area contributed by atoms with Crippen LogP contribution >= 0.6 is 10.6 Å². The van der Waals surface area contributed by atoms with E-state index in [2.05, 4.69) is 20.0 Å². The van der Waals surface area contributed by atoms with Gasteiger partial charge in [-0.15, -0.1) is 0 Å². The number of aryl methyl sites for hydroxylation is 1. The summed E-state index contributed by atoms with van der Waals surface area (Å²) in [6, 6.07) is 4.59. The van der Waals surface area contributed by atoms with Crippen LogP contribution in [-0.4, -0.2) is 49.6 Å². The summed E-state index contributed by atoms with van der Waals surface area (Å²) in [6.45, 7) is -2.83. The number of carbonyl (C=O) groups is 1. The van der Waals surface area contributed by atoms with Gasteiger partial charge in [-0.2, -0.15) is 19.4 Å². The molecule has 0 unspecified atom stereocenters. The average Bonchev–Trinajstić information content (AvgIpc) is 2.72. The van der Waals surface area contributed by atoms with Crippen molar-refractivity contribution in [1.82, 2.24) is 4.98 Å². The van der Waals surface area contributed by atoms with E-state index in [1.165, 1.54) is 19.1 Å². The number of rotatable bonds is 6. The van der Waals surface area contributed by atoms with Gasteiger partial charge in [0.15, 0.2) is 0 Å². The van der Waals surface area contributed by atoms with E-state index in [0.29, 0.717) is 19.3 Å². The number of hydrogen-bond donors (Lipinski definition) is 4. The summed E-state index contributed by atoms with van der Waals surface area (Å²) < 4.78 is 79.0. The summed E-state index contributed by atoms with van der Waals surface area (Å²) in [6.07, 6.45) is 2.48. The largest absolute Gasteiger partial charge is 0.433 e. The predicted octanol–water partition coefficient (Wildman–Crippen LogP) is 4.59. The Morgan fingerprint density at radius 3 is 2.57 bits per heavy atom. The van der Waals surface area contributed by atoms with Crippen molar-refractivity contribution < 1.29 is 36.2 Å². The molecule has 190 valence electrons. The molecular weight excluding hydrogens is 492 g/mol. The molecule has 4 rings (SSSR count). The van der Waals surface area contributed by atoms with Gasteiger partial charge in [0.1, 0.15) is 40.1 Å². The zero-order chi connectivity index (χ0) is 25.6. The highest BCUT2D eigenvalue weighted by Crippen LogP contribution is 2.66. The molecule has 1 fully saturated rings. The number of aromatic nitrogens is 1. The van der Waals surface area contributed by atoms with Crippen molar-refractivity contribution in [1.29, 1.82) is 0 Å². The number of nitrogens with zero attached hydrogens (tertiary/aromatic N) is 2. The van der Waals surface area contributed by atoms with Crippen LogP contribution in [-0.2, 0) is 5.54 Å². The Morgan fingerprint density at radius 1 is 1.31 bits per heavy atom. The molecule has 0 bridgehead atoms. The number of amides is 1. The van der Waals surface area contributed by atoms with Gasteiger partial charge in [-0.05, 0) is 56.0 Å². The second kappa shape index (κ2) is 8.95. The maximum absolute atomic E-state index is 14.9. The van der Waals surface area contributed by atoms with E-state index in [0.717, 1.165) is 18.3 Å². The standard InChI is InChI=1S/C22H24F4N4O4S/c1-12-7-14(34-20(25)26)9-28-17(12)18(31)29-13-3-4-16(24)15(8-13)21(10-23)11-35(32,33)22(5-2-6-22)19(27)30-21/h3-4,7-9,20,32-33H,2,5-6,10-11H2,1H3,(H2,27,30)(H,29,31)/t21-/m0/s1. The van der Waals surface area contributed by atoms with E-state index in [1.807, 2.05) is 0 Å². The fourth-order valence-electron chi connectivity index (χ4n) is 4.47. The van der Waals surface area contributed by atoms with Gasteiger partial charge in [0.2, 0.25) is 0 Å². The topological polar surface area (TPSA) is 130 Å². The summed E-state index contributed by atoms with van der Waals surface area (Å²) in [5.41, 5.74) is 4.01. The van der Waals surface area contributed by atoms with Crippen molar-refractivity contribution in [2.45, 2.75) is 43.1 Å². The minimum atomic E-state index is -3.44. The first-order valence-electron chi connectivity index (χ1n) is 10.6. The fraction of sp³-hybridized carbons (Fsp3) is 0.409. The van der Waals surface area contributed by atoms with Gasteiger partial charge in [-0.3, -0.25) is 18.9 Å². The van der Waals surface area contributed by atoms with Crippen LogP contribution in [0.15, 0.2) is 35.5 Å². The van der Waals surface area contributed by atoms with Crippen LogP contribution in [0, 0.1) is 12.7 Å². The van der Waals surface area contributed by atoms with Crippen molar-refractivity contribution >= 4 is 28.0 Å². The molecule has 13 heteroatoms. The number of benzene rings is 1. The number of pyridine rings is 1. The van der Waals surface area contributed by atoms with E-state index in [9.17, 15) is 31.5 Å². The maximum atomic E-state index is 14.9. The average molecular weight is 517 g/mol. The summed E-state index contributed by atoms with van der Waals surface area (Å²) in [4.78, 5) is 20.8. The van der Waals surface area contributed by atoms with E-state index in [4.69, 9.17) is 5.73 Å². The summed E-state index contributed by atoms with van der Waals surface area (Å²) in [5, 5.41) is 2.50. The SMILES string of the molecule is Cc1cc(OC(F)F)cnc1C(=O)Nc1ccc(F)c([C@]2(CF)CS(O)(O)C3(CCC3)C(N)=N2)c1. The second-order valence-electron chi connectivity index (χ2n) is 8.68. The Balaban J connectivity index is 1.65. The summed E-state index contributed by atoms with van der Waals surface area (Å²) >= 11 is 0. The Bertz CT molecular complexity index is 1190. The number of alkyl halides is 3. The molecule has 1 spiro atoms. The molecule has 5 N–H and O–H groups in total. The first-order valence-corrected chi connectivity index (χ1v) is 12.3. The van der Waals surface area contributed by atoms with Crippen LogP contribution in [0.25, 0.3) is 0 Å². The minimum Gasteiger partial charge on any atom is -0.433 e. The zero-order valence-corrected chi connectivity index (χ0v) is 19.4. The normalized spacial score (nSPS) is 23.4. The molecule has 1 saturated carbocycles. The van der Waals surface area contributed by atoms with Crippen molar-refractivity contribution in [3.8, 4) is 5.75 Å². The molecule has 1 aromatic carbocycles. The number of anilines is 1.